The van der Waals surface area contributed by atoms with Crippen molar-refractivity contribution in [2.45, 2.75) is 25.3 Å². The van der Waals surface area contributed by atoms with Gasteiger partial charge in [0.1, 0.15) is 5.82 Å². The number of fused-ring (bicyclic) bond motifs is 2. The van der Waals surface area contributed by atoms with Crippen molar-refractivity contribution in [2.75, 3.05) is 11.9 Å². The van der Waals surface area contributed by atoms with Gasteiger partial charge in [0.25, 0.3) is 0 Å². The van der Waals surface area contributed by atoms with Crippen molar-refractivity contribution >= 4 is 17.7 Å². The van der Waals surface area contributed by atoms with Crippen LogP contribution in [0.3, 0.4) is 0 Å². The number of carbonyl (C=O) groups is 2. The van der Waals surface area contributed by atoms with Gasteiger partial charge in [-0.1, -0.05) is 0 Å². The minimum atomic E-state index is -1.26. The smallest absolute Gasteiger partial charge is 0.337 e. The van der Waals surface area contributed by atoms with Crippen molar-refractivity contribution in [3.63, 3.8) is 0 Å². The molecule has 2 N–H and O–H groups in total. The molecule has 2 fully saturated rings. The van der Waals surface area contributed by atoms with Gasteiger partial charge in [-0.2, -0.15) is 0 Å². The van der Waals surface area contributed by atoms with Gasteiger partial charge in [0.05, 0.1) is 11.3 Å². The Morgan fingerprint density at radius 2 is 2.15 bits per heavy atom. The molecule has 0 radical (unpaired) electrons. The summed E-state index contributed by atoms with van der Waals surface area (Å²) in [4.78, 5) is 25.0. The van der Waals surface area contributed by atoms with E-state index in [0.29, 0.717) is 5.92 Å². The maximum absolute atomic E-state index is 13.1. The van der Waals surface area contributed by atoms with Crippen molar-refractivity contribution in [3.05, 3.63) is 29.6 Å². The lowest BCUT2D eigenvalue weighted by atomic mass is 10.1. The highest BCUT2D eigenvalue weighted by molar-refractivity contribution is 6.00. The zero-order valence-electron chi connectivity index (χ0n) is 10.8. The van der Waals surface area contributed by atoms with E-state index in [1.165, 1.54) is 6.07 Å². The van der Waals surface area contributed by atoms with E-state index < -0.39 is 11.8 Å². The zero-order chi connectivity index (χ0) is 14.3. The Morgan fingerprint density at radius 1 is 1.35 bits per heavy atom. The molecule has 2 bridgehead atoms. The summed E-state index contributed by atoms with van der Waals surface area (Å²) in [6.07, 6.45) is 3.20. The SMILES string of the molecule is O=C(O)c1cc(F)ccc1NC(=O)N1CC2CCC1C2. The number of hydrogen-bond donors (Lipinski definition) is 2. The molecule has 1 aliphatic carbocycles. The van der Waals surface area contributed by atoms with E-state index in [1.54, 1.807) is 4.90 Å². The number of aromatic carboxylic acids is 1. The first-order valence-corrected chi connectivity index (χ1v) is 6.65. The summed E-state index contributed by atoms with van der Waals surface area (Å²) in [5, 5.41) is 11.6. The van der Waals surface area contributed by atoms with Crippen molar-refractivity contribution in [3.8, 4) is 0 Å². The van der Waals surface area contributed by atoms with Crippen LogP contribution >= 0.6 is 0 Å². The molecule has 2 amide bonds. The van der Waals surface area contributed by atoms with Crippen LogP contribution in [0.4, 0.5) is 14.9 Å². The van der Waals surface area contributed by atoms with E-state index >= 15 is 0 Å². The van der Waals surface area contributed by atoms with Gasteiger partial charge < -0.3 is 15.3 Å². The predicted molar refractivity (Wildman–Crippen MR) is 70.2 cm³/mol. The van der Waals surface area contributed by atoms with Crippen LogP contribution in [0, 0.1) is 11.7 Å². The average Bonchev–Trinajstić information content (AvgIpc) is 3.03. The number of rotatable bonds is 2. The number of carboxylic acids is 1. The topological polar surface area (TPSA) is 69.6 Å². The molecule has 2 atom stereocenters. The van der Waals surface area contributed by atoms with Crippen molar-refractivity contribution in [1.82, 2.24) is 4.90 Å². The molecule has 0 aromatic heterocycles. The van der Waals surface area contributed by atoms with Crippen LogP contribution in [-0.4, -0.2) is 34.6 Å². The van der Waals surface area contributed by atoms with Crippen LogP contribution < -0.4 is 5.32 Å². The number of carbonyl (C=O) groups excluding carboxylic acids is 1. The van der Waals surface area contributed by atoms with E-state index in [9.17, 15) is 14.0 Å². The summed E-state index contributed by atoms with van der Waals surface area (Å²) in [6, 6.07) is 3.29. The third-order valence-corrected chi connectivity index (χ3v) is 4.12. The minimum absolute atomic E-state index is 0.131. The van der Waals surface area contributed by atoms with Crippen LogP contribution in [0.25, 0.3) is 0 Å². The molecule has 3 rings (SSSR count). The summed E-state index contributed by atoms with van der Waals surface area (Å²) < 4.78 is 13.1. The monoisotopic (exact) mass is 278 g/mol. The van der Waals surface area contributed by atoms with Gasteiger partial charge in [-0.25, -0.2) is 14.0 Å². The standard InChI is InChI=1S/C14H15FN2O3/c15-9-2-4-12(11(6-9)13(18)19)16-14(20)17-7-8-1-3-10(17)5-8/h2,4,6,8,10H,1,3,5,7H2,(H,16,20)(H,18,19). The van der Waals surface area contributed by atoms with Gasteiger partial charge in [0.15, 0.2) is 0 Å². The number of likely N-dealkylation sites (tertiary alicyclic amines) is 1. The molecular formula is C14H15FN2O3. The Bertz CT molecular complexity index is 576. The van der Waals surface area contributed by atoms with Gasteiger partial charge in [-0.05, 0) is 43.4 Å². The highest BCUT2D eigenvalue weighted by Gasteiger charge is 2.40. The van der Waals surface area contributed by atoms with Gasteiger partial charge in [-0.3, -0.25) is 0 Å². The number of anilines is 1. The first-order chi connectivity index (χ1) is 9.54. The van der Waals surface area contributed by atoms with Crippen molar-refractivity contribution in [1.29, 1.82) is 0 Å². The zero-order valence-corrected chi connectivity index (χ0v) is 10.8. The number of nitrogens with one attached hydrogen (secondary N) is 1. The number of amides is 2. The predicted octanol–water partition coefficient (Wildman–Crippen LogP) is 2.54. The maximum atomic E-state index is 13.1. The highest BCUT2D eigenvalue weighted by Crippen LogP contribution is 2.37. The fourth-order valence-corrected chi connectivity index (χ4v) is 3.16. The lowest BCUT2D eigenvalue weighted by Gasteiger charge is -2.27. The molecule has 6 heteroatoms. The van der Waals surface area contributed by atoms with E-state index in [0.717, 1.165) is 37.9 Å². The molecule has 1 aromatic rings. The van der Waals surface area contributed by atoms with Gasteiger partial charge in [-0.15, -0.1) is 0 Å². The van der Waals surface area contributed by atoms with E-state index in [-0.39, 0.29) is 23.3 Å². The fraction of sp³-hybridized carbons (Fsp3) is 0.429. The van der Waals surface area contributed by atoms with Crippen LogP contribution in [0.15, 0.2) is 18.2 Å². The molecular weight excluding hydrogens is 263 g/mol. The fourth-order valence-electron chi connectivity index (χ4n) is 3.16. The molecule has 2 aliphatic rings. The lowest BCUT2D eigenvalue weighted by Crippen LogP contribution is -2.40. The van der Waals surface area contributed by atoms with Crippen molar-refractivity contribution < 1.29 is 19.1 Å². The molecule has 1 heterocycles. The average molecular weight is 278 g/mol. The van der Waals surface area contributed by atoms with Crippen LogP contribution in [0.2, 0.25) is 0 Å². The number of benzene rings is 1. The quantitative estimate of drug-likeness (QED) is 0.873. The first-order valence-electron chi connectivity index (χ1n) is 6.65. The summed E-state index contributed by atoms with van der Waals surface area (Å²) >= 11 is 0. The molecule has 1 aromatic carbocycles. The Morgan fingerprint density at radius 3 is 2.75 bits per heavy atom. The number of piperidine rings is 1. The third kappa shape index (κ3) is 2.21. The highest BCUT2D eigenvalue weighted by atomic mass is 19.1. The third-order valence-electron chi connectivity index (χ3n) is 4.12. The largest absolute Gasteiger partial charge is 0.478 e. The summed E-state index contributed by atoms with van der Waals surface area (Å²) in [7, 11) is 0. The van der Waals surface area contributed by atoms with Crippen LogP contribution in [-0.2, 0) is 0 Å². The summed E-state index contributed by atoms with van der Waals surface area (Å²) in [6.45, 7) is 0.722. The second-order valence-corrected chi connectivity index (χ2v) is 5.41. The Kier molecular flexibility index (Phi) is 3.08. The normalized spacial score (nSPS) is 23.9. The maximum Gasteiger partial charge on any atom is 0.337 e. The van der Waals surface area contributed by atoms with Gasteiger partial charge in [0.2, 0.25) is 0 Å². The first kappa shape index (κ1) is 12.9. The number of nitrogens with zero attached hydrogens (tertiary/aromatic N) is 1. The minimum Gasteiger partial charge on any atom is -0.478 e. The molecule has 106 valence electrons. The molecule has 1 aliphatic heterocycles. The molecule has 1 saturated carbocycles. The van der Waals surface area contributed by atoms with E-state index in [1.807, 2.05) is 0 Å². The second kappa shape index (κ2) is 4.77. The van der Waals surface area contributed by atoms with E-state index in [2.05, 4.69) is 5.32 Å². The van der Waals surface area contributed by atoms with Crippen LogP contribution in [0.5, 0.6) is 0 Å². The van der Waals surface area contributed by atoms with Gasteiger partial charge >= 0.3 is 12.0 Å². The Balaban J connectivity index is 1.78. The Labute approximate surface area is 115 Å². The molecule has 0 spiro atoms. The Hall–Kier alpha value is -2.11. The molecule has 1 saturated heterocycles. The summed E-state index contributed by atoms with van der Waals surface area (Å²) in [5.74, 6) is -1.33. The number of halogens is 1. The summed E-state index contributed by atoms with van der Waals surface area (Å²) in [5.41, 5.74) is -0.102. The van der Waals surface area contributed by atoms with E-state index in [4.69, 9.17) is 5.11 Å². The molecule has 2 unspecified atom stereocenters. The van der Waals surface area contributed by atoms with Crippen LogP contribution in [0.1, 0.15) is 29.6 Å². The van der Waals surface area contributed by atoms with Crippen molar-refractivity contribution in [2.24, 2.45) is 5.92 Å². The number of hydrogen-bond acceptors (Lipinski definition) is 2. The number of urea groups is 1. The second-order valence-electron chi connectivity index (χ2n) is 5.41. The van der Waals surface area contributed by atoms with Gasteiger partial charge in [0, 0.05) is 12.6 Å². The molecule has 20 heavy (non-hydrogen) atoms. The molecule has 5 nitrogen and oxygen atoms in total. The number of carboxylic acid groups (broad SMARTS) is 1. The lowest BCUT2D eigenvalue weighted by molar-refractivity contribution is 0.0697.